The summed E-state index contributed by atoms with van der Waals surface area (Å²) in [6.45, 7) is 8.71. The first-order valence-corrected chi connectivity index (χ1v) is 8.04. The van der Waals surface area contributed by atoms with E-state index in [0.29, 0.717) is 19.0 Å². The van der Waals surface area contributed by atoms with E-state index in [4.69, 9.17) is 0 Å². The largest absolute Gasteiger partial charge is 0.346 e. The van der Waals surface area contributed by atoms with E-state index in [0.717, 1.165) is 25.6 Å². The van der Waals surface area contributed by atoms with Crippen molar-refractivity contribution in [3.05, 3.63) is 11.6 Å². The molecule has 2 saturated heterocycles. The topological polar surface area (TPSA) is 52.7 Å². The Bertz CT molecular complexity index is 474. The number of nitrogens with one attached hydrogen (secondary N) is 1. The Morgan fingerprint density at radius 1 is 1.33 bits per heavy atom. The average molecular weight is 291 g/mol. The smallest absolute Gasteiger partial charge is 0.312 e. The molecule has 3 atom stereocenters. The van der Waals surface area contributed by atoms with E-state index in [1.807, 2.05) is 0 Å². The van der Waals surface area contributed by atoms with E-state index in [1.165, 1.54) is 18.4 Å². The molecule has 3 aliphatic rings. The summed E-state index contributed by atoms with van der Waals surface area (Å²) < 4.78 is 0. The van der Waals surface area contributed by atoms with Crippen molar-refractivity contribution in [3.63, 3.8) is 0 Å². The predicted octanol–water partition coefficient (Wildman–Crippen LogP) is 0.621. The van der Waals surface area contributed by atoms with Gasteiger partial charge in [0.15, 0.2) is 0 Å². The third-order valence-corrected chi connectivity index (χ3v) is 5.34. The van der Waals surface area contributed by atoms with E-state index in [1.54, 1.807) is 4.90 Å². The van der Waals surface area contributed by atoms with Gasteiger partial charge >= 0.3 is 11.8 Å². The minimum atomic E-state index is -0.445. The van der Waals surface area contributed by atoms with Crippen molar-refractivity contribution < 1.29 is 9.59 Å². The predicted molar refractivity (Wildman–Crippen MR) is 80.6 cm³/mol. The second kappa shape index (κ2) is 5.79. The molecule has 0 unspecified atom stereocenters. The van der Waals surface area contributed by atoms with Gasteiger partial charge in [-0.05, 0) is 31.6 Å². The normalized spacial score (nSPS) is 34.3. The summed E-state index contributed by atoms with van der Waals surface area (Å²) in [6.07, 6.45) is 4.87. The molecule has 2 aliphatic heterocycles. The Hall–Kier alpha value is -1.36. The third kappa shape index (κ3) is 2.84. The Morgan fingerprint density at radius 2 is 2.14 bits per heavy atom. The lowest BCUT2D eigenvalue weighted by Gasteiger charge is -2.45. The van der Waals surface area contributed by atoms with Gasteiger partial charge in [0.25, 0.3) is 0 Å². The molecule has 0 bridgehead atoms. The van der Waals surface area contributed by atoms with Crippen LogP contribution in [0, 0.1) is 11.8 Å². The summed E-state index contributed by atoms with van der Waals surface area (Å²) in [5.41, 5.74) is 1.52. The van der Waals surface area contributed by atoms with Crippen LogP contribution in [0.15, 0.2) is 11.6 Å². The highest BCUT2D eigenvalue weighted by Crippen LogP contribution is 2.31. The third-order valence-electron chi connectivity index (χ3n) is 5.34. The summed E-state index contributed by atoms with van der Waals surface area (Å²) in [6, 6.07) is 0.145. The molecule has 3 rings (SSSR count). The maximum Gasteiger partial charge on any atom is 0.312 e. The minimum Gasteiger partial charge on any atom is -0.346 e. The molecule has 1 N–H and O–H groups in total. The zero-order valence-electron chi connectivity index (χ0n) is 13.0. The van der Waals surface area contributed by atoms with Gasteiger partial charge < -0.3 is 10.2 Å². The van der Waals surface area contributed by atoms with Gasteiger partial charge in [-0.25, -0.2) is 0 Å². The van der Waals surface area contributed by atoms with E-state index >= 15 is 0 Å². The highest BCUT2D eigenvalue weighted by atomic mass is 16.2. The molecule has 0 aromatic heterocycles. The second-order valence-corrected chi connectivity index (χ2v) is 6.73. The SMILES string of the molecule is CC1=CCC[C@H](C)[C@@H]1CN1CCN2C(=O)C(=O)NC[C@H]2C1. The Balaban J connectivity index is 1.62. The van der Waals surface area contributed by atoms with Gasteiger partial charge in [0.05, 0.1) is 6.04 Å². The fourth-order valence-corrected chi connectivity index (χ4v) is 3.92. The molecule has 21 heavy (non-hydrogen) atoms. The van der Waals surface area contributed by atoms with Gasteiger partial charge in [-0.3, -0.25) is 14.5 Å². The number of piperazine rings is 2. The molecule has 0 radical (unpaired) electrons. The molecule has 0 aromatic rings. The van der Waals surface area contributed by atoms with Crippen molar-refractivity contribution in [2.75, 3.05) is 32.7 Å². The number of fused-ring (bicyclic) bond motifs is 1. The van der Waals surface area contributed by atoms with Crippen molar-refractivity contribution >= 4 is 11.8 Å². The van der Waals surface area contributed by atoms with Crippen molar-refractivity contribution in [2.45, 2.75) is 32.7 Å². The van der Waals surface area contributed by atoms with Crippen LogP contribution in [0.3, 0.4) is 0 Å². The van der Waals surface area contributed by atoms with Crippen LogP contribution in [0.25, 0.3) is 0 Å². The fraction of sp³-hybridized carbons (Fsp3) is 0.750. The van der Waals surface area contributed by atoms with Gasteiger partial charge in [0.1, 0.15) is 0 Å². The lowest BCUT2D eigenvalue weighted by molar-refractivity contribution is -0.152. The standard InChI is InChI=1S/C16H25N3O2/c1-11-4-3-5-12(2)14(11)10-18-6-7-19-13(9-18)8-17-15(20)16(19)21/h4,12-14H,3,5-10H2,1-2H3,(H,17,20)/t12-,13-,14+/m0/s1. The number of hydrogen-bond acceptors (Lipinski definition) is 3. The quantitative estimate of drug-likeness (QED) is 0.599. The zero-order chi connectivity index (χ0) is 15.0. The van der Waals surface area contributed by atoms with Gasteiger partial charge in [-0.15, -0.1) is 0 Å². The molecule has 2 amide bonds. The summed E-state index contributed by atoms with van der Waals surface area (Å²) in [7, 11) is 0. The molecule has 5 heteroatoms. The van der Waals surface area contributed by atoms with E-state index < -0.39 is 5.91 Å². The molecule has 0 aromatic carbocycles. The summed E-state index contributed by atoms with van der Waals surface area (Å²) in [5, 5.41) is 2.70. The van der Waals surface area contributed by atoms with E-state index in [-0.39, 0.29) is 11.9 Å². The van der Waals surface area contributed by atoms with Gasteiger partial charge in [0.2, 0.25) is 0 Å². The van der Waals surface area contributed by atoms with E-state index in [9.17, 15) is 9.59 Å². The van der Waals surface area contributed by atoms with Crippen molar-refractivity contribution in [2.24, 2.45) is 11.8 Å². The molecule has 2 heterocycles. The van der Waals surface area contributed by atoms with Gasteiger partial charge in [0, 0.05) is 32.7 Å². The summed E-state index contributed by atoms with van der Waals surface area (Å²) in [4.78, 5) is 27.5. The van der Waals surface area contributed by atoms with Crippen LogP contribution in [0.4, 0.5) is 0 Å². The Kier molecular flexibility index (Phi) is 4.02. The van der Waals surface area contributed by atoms with Crippen LogP contribution in [0.1, 0.15) is 26.7 Å². The van der Waals surface area contributed by atoms with Crippen molar-refractivity contribution in [1.82, 2.24) is 15.1 Å². The number of amides is 2. The number of rotatable bonds is 2. The minimum absolute atomic E-state index is 0.145. The van der Waals surface area contributed by atoms with Crippen LogP contribution in [0.2, 0.25) is 0 Å². The highest BCUT2D eigenvalue weighted by molar-refractivity contribution is 6.35. The van der Waals surface area contributed by atoms with Crippen LogP contribution in [-0.4, -0.2) is 60.4 Å². The Labute approximate surface area is 126 Å². The molecule has 5 nitrogen and oxygen atoms in total. The molecule has 2 fully saturated rings. The molecule has 1 aliphatic carbocycles. The molecular weight excluding hydrogens is 266 g/mol. The van der Waals surface area contributed by atoms with Gasteiger partial charge in [-0.1, -0.05) is 18.6 Å². The van der Waals surface area contributed by atoms with Gasteiger partial charge in [-0.2, -0.15) is 0 Å². The first-order chi connectivity index (χ1) is 10.1. The molecule has 0 saturated carbocycles. The summed E-state index contributed by atoms with van der Waals surface area (Å²) in [5.74, 6) is 0.576. The highest BCUT2D eigenvalue weighted by Gasteiger charge is 2.38. The number of carbonyl (C=O) groups excluding carboxylic acids is 2. The zero-order valence-corrected chi connectivity index (χ0v) is 13.0. The number of allylic oxidation sites excluding steroid dienone is 1. The monoisotopic (exact) mass is 291 g/mol. The summed E-state index contributed by atoms with van der Waals surface area (Å²) >= 11 is 0. The fourth-order valence-electron chi connectivity index (χ4n) is 3.92. The first-order valence-electron chi connectivity index (χ1n) is 8.04. The average Bonchev–Trinajstić information content (AvgIpc) is 2.47. The second-order valence-electron chi connectivity index (χ2n) is 6.73. The number of nitrogens with zero attached hydrogens (tertiary/aromatic N) is 2. The van der Waals surface area contributed by atoms with Crippen molar-refractivity contribution in [1.29, 1.82) is 0 Å². The lowest BCUT2D eigenvalue weighted by atomic mass is 9.79. The van der Waals surface area contributed by atoms with Crippen molar-refractivity contribution in [3.8, 4) is 0 Å². The molecule has 0 spiro atoms. The van der Waals surface area contributed by atoms with E-state index in [2.05, 4.69) is 30.1 Å². The first kappa shape index (κ1) is 14.6. The molecular formula is C16H25N3O2. The van der Waals surface area contributed by atoms with Crippen LogP contribution in [-0.2, 0) is 9.59 Å². The lowest BCUT2D eigenvalue weighted by Crippen LogP contribution is -2.65. The maximum absolute atomic E-state index is 11.8. The maximum atomic E-state index is 11.8. The number of hydrogen-bond donors (Lipinski definition) is 1. The molecule has 116 valence electrons. The van der Waals surface area contributed by atoms with Crippen LogP contribution in [0.5, 0.6) is 0 Å². The number of carbonyl (C=O) groups is 2. The van der Waals surface area contributed by atoms with Crippen LogP contribution >= 0.6 is 0 Å². The van der Waals surface area contributed by atoms with Crippen LogP contribution < -0.4 is 5.32 Å². The Morgan fingerprint density at radius 3 is 2.90 bits per heavy atom.